The van der Waals surface area contributed by atoms with Gasteiger partial charge >= 0.3 is 0 Å². The highest BCUT2D eigenvalue weighted by Gasteiger charge is 2.10. The number of methoxy groups -OCH3 is 1. The first-order chi connectivity index (χ1) is 11.9. The van der Waals surface area contributed by atoms with Gasteiger partial charge in [-0.2, -0.15) is 9.97 Å². The molecule has 0 radical (unpaired) electrons. The molecule has 2 aromatic heterocycles. The Bertz CT molecular complexity index is 703. The summed E-state index contributed by atoms with van der Waals surface area (Å²) in [6, 6.07) is 0. The number of hydrogen-bond acceptors (Lipinski definition) is 7. The first-order valence-electron chi connectivity index (χ1n) is 8.50. The van der Waals surface area contributed by atoms with Crippen LogP contribution in [0.25, 0.3) is 11.2 Å². The highest BCUT2D eigenvalue weighted by molar-refractivity contribution is 5.83. The maximum absolute atomic E-state index is 5.07. The molecule has 0 atom stereocenters. The number of hydrogen-bond donors (Lipinski definition) is 2. The molecule has 0 amide bonds. The second kappa shape index (κ2) is 8.54. The van der Waals surface area contributed by atoms with Crippen LogP contribution in [0, 0.1) is 0 Å². The number of aromatic nitrogens is 4. The molecule has 0 bridgehead atoms. The van der Waals surface area contributed by atoms with E-state index < -0.39 is 0 Å². The van der Waals surface area contributed by atoms with Crippen LogP contribution in [0.2, 0.25) is 0 Å². The van der Waals surface area contributed by atoms with Crippen molar-refractivity contribution < 1.29 is 4.74 Å². The van der Waals surface area contributed by atoms with Gasteiger partial charge in [-0.3, -0.25) is 0 Å². The lowest BCUT2D eigenvalue weighted by Crippen LogP contribution is -2.13. The fourth-order valence-electron chi connectivity index (χ4n) is 2.80. The number of nitrogens with one attached hydrogen (secondary N) is 2. The van der Waals surface area contributed by atoms with Gasteiger partial charge in [-0.15, -0.1) is 0 Å². The second-order valence-electron chi connectivity index (χ2n) is 5.83. The number of fused-ring (bicyclic) bond motifs is 1. The highest BCUT2D eigenvalue weighted by atomic mass is 16.5. The Morgan fingerprint density at radius 2 is 2.00 bits per heavy atom. The van der Waals surface area contributed by atoms with Crippen LogP contribution < -0.4 is 10.6 Å². The van der Waals surface area contributed by atoms with Crippen molar-refractivity contribution in [3.05, 3.63) is 24.0 Å². The van der Waals surface area contributed by atoms with Gasteiger partial charge in [0.1, 0.15) is 0 Å². The Balaban J connectivity index is 1.69. The first kappa shape index (κ1) is 16.6. The van der Waals surface area contributed by atoms with Crippen LogP contribution in [0.3, 0.4) is 0 Å². The molecule has 0 unspecified atom stereocenters. The summed E-state index contributed by atoms with van der Waals surface area (Å²) in [6.45, 7) is 2.09. The molecule has 128 valence electrons. The van der Waals surface area contributed by atoms with E-state index in [0.29, 0.717) is 36.1 Å². The van der Waals surface area contributed by atoms with Crippen molar-refractivity contribution in [3.63, 3.8) is 0 Å². The van der Waals surface area contributed by atoms with Crippen molar-refractivity contribution in [1.29, 1.82) is 0 Å². The van der Waals surface area contributed by atoms with Crippen LogP contribution in [-0.2, 0) is 4.74 Å². The van der Waals surface area contributed by atoms with Crippen LogP contribution in [-0.4, -0.2) is 46.7 Å². The zero-order chi connectivity index (χ0) is 16.6. The third kappa shape index (κ3) is 4.38. The summed E-state index contributed by atoms with van der Waals surface area (Å²) in [5, 5.41) is 6.55. The average molecular weight is 328 g/mol. The molecule has 7 nitrogen and oxygen atoms in total. The standard InChI is InChI=1S/C17H24N6O/c1-24-12-11-20-16-14-15(19-10-9-18-14)22-17(23-16)21-8-7-13-5-3-2-4-6-13/h5,9-10H,2-4,6-8,11-12H2,1H3,(H2,19,20,21,22,23). The zero-order valence-electron chi connectivity index (χ0n) is 14.1. The molecule has 1 aliphatic carbocycles. The van der Waals surface area contributed by atoms with Gasteiger partial charge in [-0.05, 0) is 32.1 Å². The fraction of sp³-hybridized carbons (Fsp3) is 0.529. The number of ether oxygens (including phenoxy) is 1. The van der Waals surface area contributed by atoms with Gasteiger partial charge in [-0.1, -0.05) is 11.6 Å². The van der Waals surface area contributed by atoms with E-state index in [1.807, 2.05) is 0 Å². The predicted octanol–water partition coefficient (Wildman–Crippen LogP) is 2.78. The van der Waals surface area contributed by atoms with Crippen LogP contribution in [0.1, 0.15) is 32.1 Å². The zero-order valence-corrected chi connectivity index (χ0v) is 14.1. The molecular weight excluding hydrogens is 304 g/mol. The molecule has 0 spiro atoms. The SMILES string of the molecule is COCCNc1nc(NCCC2=CCCCC2)nc2nccnc12. The lowest BCUT2D eigenvalue weighted by atomic mass is 9.97. The normalized spacial score (nSPS) is 14.5. The van der Waals surface area contributed by atoms with E-state index >= 15 is 0 Å². The van der Waals surface area contributed by atoms with Crippen molar-refractivity contribution >= 4 is 22.9 Å². The van der Waals surface area contributed by atoms with E-state index in [9.17, 15) is 0 Å². The van der Waals surface area contributed by atoms with Crippen LogP contribution in [0.5, 0.6) is 0 Å². The predicted molar refractivity (Wildman–Crippen MR) is 95.2 cm³/mol. The molecule has 0 fully saturated rings. The van der Waals surface area contributed by atoms with Crippen molar-refractivity contribution in [2.24, 2.45) is 0 Å². The number of nitrogens with zero attached hydrogens (tertiary/aromatic N) is 4. The van der Waals surface area contributed by atoms with Gasteiger partial charge in [0.2, 0.25) is 5.95 Å². The maximum atomic E-state index is 5.07. The summed E-state index contributed by atoms with van der Waals surface area (Å²) in [7, 11) is 1.67. The average Bonchev–Trinajstić information content (AvgIpc) is 2.63. The molecule has 0 aromatic carbocycles. The molecule has 2 aromatic rings. The Morgan fingerprint density at radius 3 is 2.83 bits per heavy atom. The minimum absolute atomic E-state index is 0.583. The van der Waals surface area contributed by atoms with Crippen molar-refractivity contribution in [2.45, 2.75) is 32.1 Å². The number of rotatable bonds is 8. The summed E-state index contributed by atoms with van der Waals surface area (Å²) in [5.74, 6) is 1.27. The second-order valence-corrected chi connectivity index (χ2v) is 5.83. The molecule has 0 saturated carbocycles. The molecule has 0 aliphatic heterocycles. The lowest BCUT2D eigenvalue weighted by molar-refractivity contribution is 0.210. The van der Waals surface area contributed by atoms with E-state index in [4.69, 9.17) is 4.74 Å². The van der Waals surface area contributed by atoms with Gasteiger partial charge in [0.15, 0.2) is 17.0 Å². The van der Waals surface area contributed by atoms with Gasteiger partial charge < -0.3 is 15.4 Å². The molecule has 7 heteroatoms. The highest BCUT2D eigenvalue weighted by Crippen LogP contribution is 2.21. The van der Waals surface area contributed by atoms with Crippen LogP contribution in [0.15, 0.2) is 24.0 Å². The monoisotopic (exact) mass is 328 g/mol. The Kier molecular flexibility index (Phi) is 5.90. The topological polar surface area (TPSA) is 84.9 Å². The fourth-order valence-corrected chi connectivity index (χ4v) is 2.80. The Morgan fingerprint density at radius 1 is 1.08 bits per heavy atom. The van der Waals surface area contributed by atoms with Gasteiger partial charge in [0.25, 0.3) is 0 Å². The summed E-state index contributed by atoms with van der Waals surface area (Å²) in [4.78, 5) is 17.6. The third-order valence-electron chi connectivity index (χ3n) is 4.05. The summed E-state index contributed by atoms with van der Waals surface area (Å²) in [5.41, 5.74) is 2.80. The summed E-state index contributed by atoms with van der Waals surface area (Å²) in [6.07, 6.45) is 11.8. The lowest BCUT2D eigenvalue weighted by Gasteiger charge is -2.13. The van der Waals surface area contributed by atoms with Gasteiger partial charge in [0.05, 0.1) is 6.61 Å². The van der Waals surface area contributed by atoms with Crippen LogP contribution >= 0.6 is 0 Å². The van der Waals surface area contributed by atoms with E-state index in [0.717, 1.165) is 13.0 Å². The maximum Gasteiger partial charge on any atom is 0.226 e. The van der Waals surface area contributed by atoms with Crippen molar-refractivity contribution in [1.82, 2.24) is 19.9 Å². The largest absolute Gasteiger partial charge is 0.383 e. The minimum atomic E-state index is 0.583. The summed E-state index contributed by atoms with van der Waals surface area (Å²) >= 11 is 0. The molecule has 24 heavy (non-hydrogen) atoms. The van der Waals surface area contributed by atoms with Gasteiger partial charge in [0, 0.05) is 32.6 Å². The van der Waals surface area contributed by atoms with E-state index in [1.54, 1.807) is 19.5 Å². The Labute approximate surface area is 142 Å². The van der Waals surface area contributed by atoms with Crippen molar-refractivity contribution in [3.8, 4) is 0 Å². The van der Waals surface area contributed by atoms with Gasteiger partial charge in [-0.25, -0.2) is 9.97 Å². The molecule has 1 aliphatic rings. The quantitative estimate of drug-likeness (QED) is 0.569. The first-order valence-corrected chi connectivity index (χ1v) is 8.50. The van der Waals surface area contributed by atoms with E-state index in [2.05, 4.69) is 36.6 Å². The molecule has 0 saturated heterocycles. The van der Waals surface area contributed by atoms with Crippen molar-refractivity contribution in [2.75, 3.05) is 37.4 Å². The molecule has 3 rings (SSSR count). The Hall–Kier alpha value is -2.28. The molecular formula is C17H24N6O. The molecule has 2 heterocycles. The van der Waals surface area contributed by atoms with E-state index in [-0.39, 0.29) is 0 Å². The summed E-state index contributed by atoms with van der Waals surface area (Å²) < 4.78 is 5.07. The van der Waals surface area contributed by atoms with Crippen LogP contribution in [0.4, 0.5) is 11.8 Å². The van der Waals surface area contributed by atoms with E-state index in [1.165, 1.54) is 31.3 Å². The third-order valence-corrected chi connectivity index (χ3v) is 4.05. The number of allylic oxidation sites excluding steroid dienone is 1. The number of anilines is 2. The smallest absolute Gasteiger partial charge is 0.226 e. The molecule has 2 N–H and O–H groups in total. The minimum Gasteiger partial charge on any atom is -0.383 e.